The Bertz CT molecular complexity index is 1290. The third-order valence-electron chi connectivity index (χ3n) is 6.69. The molecule has 0 spiro atoms. The van der Waals surface area contributed by atoms with Gasteiger partial charge in [0.1, 0.15) is 16.7 Å². The summed E-state index contributed by atoms with van der Waals surface area (Å²) in [4.78, 5) is 54.0. The molecule has 0 radical (unpaired) electrons. The minimum atomic E-state index is -1.01. The van der Waals surface area contributed by atoms with Crippen molar-refractivity contribution in [3.8, 4) is 0 Å². The number of imide groups is 1. The van der Waals surface area contributed by atoms with Crippen LogP contribution in [0.5, 0.6) is 0 Å². The minimum absolute atomic E-state index is 0.00513. The second kappa shape index (κ2) is 8.15. The van der Waals surface area contributed by atoms with Crippen molar-refractivity contribution in [1.82, 2.24) is 15.1 Å². The summed E-state index contributed by atoms with van der Waals surface area (Å²) in [6.45, 7) is 2.79. The maximum absolute atomic E-state index is 13.2. The molecule has 9 heteroatoms. The summed E-state index contributed by atoms with van der Waals surface area (Å²) < 4.78 is 5.30. The monoisotopic (exact) mass is 465 g/mol. The molecule has 3 aromatic rings. The zero-order valence-electron chi connectivity index (χ0n) is 18.1. The number of rotatable bonds is 4. The van der Waals surface area contributed by atoms with Crippen molar-refractivity contribution in [2.75, 3.05) is 13.1 Å². The molecule has 1 aromatic carbocycles. The summed E-state index contributed by atoms with van der Waals surface area (Å²) in [6.07, 6.45) is 1.08. The third-order valence-corrected chi connectivity index (χ3v) is 7.42. The quantitative estimate of drug-likeness (QED) is 0.471. The predicted octanol–water partition coefficient (Wildman–Crippen LogP) is 3.22. The number of thiophene rings is 1. The van der Waals surface area contributed by atoms with Gasteiger partial charge < -0.3 is 14.6 Å². The second-order valence-electron chi connectivity index (χ2n) is 8.71. The van der Waals surface area contributed by atoms with E-state index in [4.69, 9.17) is 4.42 Å². The van der Waals surface area contributed by atoms with E-state index >= 15 is 0 Å². The summed E-state index contributed by atoms with van der Waals surface area (Å²) in [7, 11) is 0. The second-order valence-corrected chi connectivity index (χ2v) is 9.49. The van der Waals surface area contributed by atoms with Gasteiger partial charge in [-0.15, -0.1) is 0 Å². The van der Waals surface area contributed by atoms with Gasteiger partial charge in [-0.05, 0) is 60.2 Å². The molecule has 2 saturated heterocycles. The average molecular weight is 466 g/mol. The summed E-state index contributed by atoms with van der Waals surface area (Å²) >= 11 is 1.52. The number of nitrogens with one attached hydrogen (secondary N) is 1. The summed E-state index contributed by atoms with van der Waals surface area (Å²) in [5, 5.41) is 7.41. The van der Waals surface area contributed by atoms with Gasteiger partial charge in [-0.25, -0.2) is 9.59 Å². The Labute approximate surface area is 193 Å². The molecule has 2 aromatic heterocycles. The fraction of sp³-hybridized carbons (Fsp3) is 0.333. The molecule has 0 saturated carbocycles. The molecule has 1 N–H and O–H groups in total. The molecule has 2 fully saturated rings. The van der Waals surface area contributed by atoms with E-state index in [9.17, 15) is 19.2 Å². The maximum atomic E-state index is 13.2. The number of hydrogen-bond donors (Lipinski definition) is 1. The van der Waals surface area contributed by atoms with Gasteiger partial charge in [0, 0.05) is 18.5 Å². The number of nitrogens with zero attached hydrogens (tertiary/aromatic N) is 2. The molecule has 0 unspecified atom stereocenters. The zero-order chi connectivity index (χ0) is 23.2. The standard InChI is InChI=1S/C24H23N3O5S/c1-24(22(30)27(23(31)25-24)13-15-8-11-33-14-15)17-6-9-26(10-7-17)20(28)18-12-16-4-2-3-5-19(16)32-21(18)29/h2-5,8,11-12,14,17H,6-7,9-10,13H2,1H3,(H,25,31)/t24-/m1/s1. The molecular formula is C24H23N3O5S. The van der Waals surface area contributed by atoms with Gasteiger partial charge in [0.15, 0.2) is 0 Å². The maximum Gasteiger partial charge on any atom is 0.349 e. The molecule has 5 rings (SSSR count). The fourth-order valence-electron chi connectivity index (χ4n) is 4.74. The molecule has 170 valence electrons. The van der Waals surface area contributed by atoms with Crippen LogP contribution in [0.25, 0.3) is 11.0 Å². The molecule has 2 aliphatic heterocycles. The number of urea groups is 1. The van der Waals surface area contributed by atoms with Crippen molar-refractivity contribution in [2.45, 2.75) is 31.8 Å². The Kier molecular flexibility index (Phi) is 5.28. The Morgan fingerprint density at radius 3 is 2.67 bits per heavy atom. The number of carbonyl (C=O) groups is 3. The molecule has 0 aliphatic carbocycles. The average Bonchev–Trinajstić information content (AvgIpc) is 3.41. The van der Waals surface area contributed by atoms with Crippen LogP contribution >= 0.6 is 11.3 Å². The highest BCUT2D eigenvalue weighted by Crippen LogP contribution is 2.34. The molecule has 4 heterocycles. The molecule has 0 bridgehead atoms. The van der Waals surface area contributed by atoms with Crippen LogP contribution in [0, 0.1) is 5.92 Å². The first-order valence-electron chi connectivity index (χ1n) is 10.8. The lowest BCUT2D eigenvalue weighted by atomic mass is 9.78. The van der Waals surface area contributed by atoms with Crippen LogP contribution in [0.3, 0.4) is 0 Å². The van der Waals surface area contributed by atoms with Crippen LogP contribution in [0.2, 0.25) is 0 Å². The number of likely N-dealkylation sites (tertiary alicyclic amines) is 1. The largest absolute Gasteiger partial charge is 0.422 e. The number of hydrogen-bond acceptors (Lipinski definition) is 6. The lowest BCUT2D eigenvalue weighted by Crippen LogP contribution is -2.54. The van der Waals surface area contributed by atoms with Crippen LogP contribution < -0.4 is 10.9 Å². The fourth-order valence-corrected chi connectivity index (χ4v) is 5.40. The highest BCUT2D eigenvalue weighted by atomic mass is 32.1. The predicted molar refractivity (Wildman–Crippen MR) is 123 cm³/mol. The van der Waals surface area contributed by atoms with E-state index in [2.05, 4.69) is 5.32 Å². The molecule has 2 aliphatic rings. The molecule has 1 atom stereocenters. The normalized spacial score (nSPS) is 21.6. The summed E-state index contributed by atoms with van der Waals surface area (Å²) in [5.74, 6) is -0.726. The van der Waals surface area contributed by atoms with Gasteiger partial charge in [-0.3, -0.25) is 14.5 Å². The number of para-hydroxylation sites is 1. The van der Waals surface area contributed by atoms with Crippen LogP contribution in [-0.4, -0.2) is 46.3 Å². The number of benzene rings is 1. The highest BCUT2D eigenvalue weighted by molar-refractivity contribution is 7.07. The first kappa shape index (κ1) is 21.4. The van der Waals surface area contributed by atoms with Crippen molar-refractivity contribution in [1.29, 1.82) is 0 Å². The van der Waals surface area contributed by atoms with E-state index in [1.165, 1.54) is 16.2 Å². The molecular weight excluding hydrogens is 442 g/mol. The Morgan fingerprint density at radius 2 is 1.94 bits per heavy atom. The van der Waals surface area contributed by atoms with Gasteiger partial charge in [0.2, 0.25) is 0 Å². The minimum Gasteiger partial charge on any atom is -0.422 e. The lowest BCUT2D eigenvalue weighted by Gasteiger charge is -2.38. The van der Waals surface area contributed by atoms with E-state index in [-0.39, 0.29) is 35.9 Å². The van der Waals surface area contributed by atoms with E-state index in [0.717, 1.165) is 5.56 Å². The number of piperidine rings is 1. The molecule has 8 nitrogen and oxygen atoms in total. The van der Waals surface area contributed by atoms with Crippen molar-refractivity contribution < 1.29 is 18.8 Å². The Balaban J connectivity index is 1.28. The van der Waals surface area contributed by atoms with Gasteiger partial charge in [-0.2, -0.15) is 11.3 Å². The van der Waals surface area contributed by atoms with E-state index in [1.807, 2.05) is 22.9 Å². The van der Waals surface area contributed by atoms with Crippen LogP contribution in [-0.2, 0) is 11.3 Å². The zero-order valence-corrected chi connectivity index (χ0v) is 18.9. The van der Waals surface area contributed by atoms with Crippen LogP contribution in [0.15, 0.2) is 56.4 Å². The van der Waals surface area contributed by atoms with Crippen LogP contribution in [0.4, 0.5) is 4.79 Å². The highest BCUT2D eigenvalue weighted by Gasteiger charge is 2.52. The SMILES string of the molecule is C[C@]1(C2CCN(C(=O)c3cc4ccccc4oc3=O)CC2)NC(=O)N(Cc2ccsc2)C1=O. The number of carbonyl (C=O) groups excluding carboxylic acids is 3. The Hall–Kier alpha value is -3.46. The van der Waals surface area contributed by atoms with E-state index < -0.39 is 11.2 Å². The van der Waals surface area contributed by atoms with Crippen molar-refractivity contribution in [2.24, 2.45) is 5.92 Å². The molecule has 33 heavy (non-hydrogen) atoms. The van der Waals surface area contributed by atoms with Gasteiger partial charge in [-0.1, -0.05) is 18.2 Å². The topological polar surface area (TPSA) is 99.9 Å². The summed E-state index contributed by atoms with van der Waals surface area (Å²) in [6, 6.07) is 10.1. The van der Waals surface area contributed by atoms with Gasteiger partial charge >= 0.3 is 11.7 Å². The number of amides is 4. The summed E-state index contributed by atoms with van der Waals surface area (Å²) in [5.41, 5.74) is -0.305. The van der Waals surface area contributed by atoms with E-state index in [0.29, 0.717) is 36.9 Å². The smallest absolute Gasteiger partial charge is 0.349 e. The van der Waals surface area contributed by atoms with Crippen molar-refractivity contribution in [3.05, 3.63) is 68.7 Å². The third kappa shape index (κ3) is 3.72. The molecule has 4 amide bonds. The lowest BCUT2D eigenvalue weighted by molar-refractivity contribution is -0.133. The van der Waals surface area contributed by atoms with Crippen LogP contribution in [0.1, 0.15) is 35.7 Å². The number of fused-ring (bicyclic) bond motifs is 1. The van der Waals surface area contributed by atoms with Gasteiger partial charge in [0.25, 0.3) is 11.8 Å². The first-order chi connectivity index (χ1) is 15.9. The van der Waals surface area contributed by atoms with E-state index in [1.54, 1.807) is 36.1 Å². The van der Waals surface area contributed by atoms with Crippen molar-refractivity contribution in [3.63, 3.8) is 0 Å². The Morgan fingerprint density at radius 1 is 1.18 bits per heavy atom. The first-order valence-corrected chi connectivity index (χ1v) is 11.8. The van der Waals surface area contributed by atoms with Crippen molar-refractivity contribution >= 4 is 40.2 Å². The van der Waals surface area contributed by atoms with Gasteiger partial charge in [0.05, 0.1) is 6.54 Å².